The zero-order valence-electron chi connectivity index (χ0n) is 11.7. The average Bonchev–Trinajstić information content (AvgIpc) is 2.33. The lowest BCUT2D eigenvalue weighted by molar-refractivity contribution is 0.409. The molecule has 96 valence electrons. The van der Waals surface area contributed by atoms with Crippen molar-refractivity contribution in [3.8, 4) is 5.75 Å². The molecule has 2 N–H and O–H groups in total. The molecule has 0 aliphatic rings. The Bertz CT molecular complexity index is 373. The highest BCUT2D eigenvalue weighted by molar-refractivity contribution is 5.43. The molecule has 0 bridgehead atoms. The van der Waals surface area contributed by atoms with Crippen molar-refractivity contribution in [2.45, 2.75) is 40.0 Å². The fraction of sp³-hybridized carbons (Fsp3) is 0.600. The van der Waals surface area contributed by atoms with Gasteiger partial charge in [0.2, 0.25) is 0 Å². The Morgan fingerprint density at radius 1 is 1.24 bits per heavy atom. The van der Waals surface area contributed by atoms with Crippen LogP contribution in [0.4, 0.5) is 0 Å². The third-order valence-electron chi connectivity index (χ3n) is 3.68. The highest BCUT2D eigenvalue weighted by Crippen LogP contribution is 2.33. The fourth-order valence-corrected chi connectivity index (χ4v) is 2.52. The van der Waals surface area contributed by atoms with Crippen LogP contribution in [0.25, 0.3) is 0 Å². The molecule has 1 aromatic carbocycles. The van der Waals surface area contributed by atoms with E-state index in [-0.39, 0.29) is 0 Å². The Morgan fingerprint density at radius 3 is 2.35 bits per heavy atom. The molecular weight excluding hydrogens is 210 g/mol. The molecule has 1 aromatic rings. The van der Waals surface area contributed by atoms with E-state index in [0.29, 0.717) is 11.8 Å². The largest absolute Gasteiger partial charge is 0.496 e. The Morgan fingerprint density at radius 2 is 1.88 bits per heavy atom. The molecule has 0 saturated carbocycles. The minimum absolute atomic E-state index is 0.520. The van der Waals surface area contributed by atoms with Crippen LogP contribution in [0.15, 0.2) is 12.1 Å². The van der Waals surface area contributed by atoms with Crippen LogP contribution in [0.5, 0.6) is 5.75 Å². The van der Waals surface area contributed by atoms with E-state index in [1.807, 2.05) is 0 Å². The second kappa shape index (κ2) is 6.06. The third kappa shape index (κ3) is 3.01. The summed E-state index contributed by atoms with van der Waals surface area (Å²) in [5.41, 5.74) is 9.74. The van der Waals surface area contributed by atoms with Crippen molar-refractivity contribution in [2.24, 2.45) is 11.7 Å². The number of hydrogen-bond acceptors (Lipinski definition) is 2. The Labute approximate surface area is 105 Å². The van der Waals surface area contributed by atoms with Crippen LogP contribution in [0.1, 0.15) is 42.9 Å². The van der Waals surface area contributed by atoms with Gasteiger partial charge < -0.3 is 10.5 Å². The topological polar surface area (TPSA) is 35.2 Å². The quantitative estimate of drug-likeness (QED) is 0.849. The molecule has 2 unspecified atom stereocenters. The van der Waals surface area contributed by atoms with Crippen LogP contribution in [-0.4, -0.2) is 13.7 Å². The summed E-state index contributed by atoms with van der Waals surface area (Å²) in [6, 6.07) is 4.39. The van der Waals surface area contributed by atoms with E-state index in [2.05, 4.69) is 39.8 Å². The highest BCUT2D eigenvalue weighted by Gasteiger charge is 2.19. The second-order valence-electron chi connectivity index (χ2n) is 4.91. The molecular formula is C15H25NO. The molecule has 0 spiro atoms. The first-order chi connectivity index (χ1) is 8.04. The molecule has 2 nitrogen and oxygen atoms in total. The first-order valence-corrected chi connectivity index (χ1v) is 6.40. The number of hydrogen-bond donors (Lipinski definition) is 1. The van der Waals surface area contributed by atoms with Crippen molar-refractivity contribution in [2.75, 3.05) is 13.7 Å². The van der Waals surface area contributed by atoms with Crippen molar-refractivity contribution in [3.05, 3.63) is 28.8 Å². The second-order valence-corrected chi connectivity index (χ2v) is 4.91. The van der Waals surface area contributed by atoms with Gasteiger partial charge in [-0.2, -0.15) is 0 Å². The maximum Gasteiger partial charge on any atom is 0.122 e. The van der Waals surface area contributed by atoms with E-state index in [4.69, 9.17) is 10.5 Å². The maximum absolute atomic E-state index is 5.81. The third-order valence-corrected chi connectivity index (χ3v) is 3.68. The molecule has 17 heavy (non-hydrogen) atoms. The first-order valence-electron chi connectivity index (χ1n) is 6.40. The van der Waals surface area contributed by atoms with Crippen molar-refractivity contribution in [1.82, 2.24) is 0 Å². The average molecular weight is 235 g/mol. The van der Waals surface area contributed by atoms with Crippen LogP contribution in [0.3, 0.4) is 0 Å². The van der Waals surface area contributed by atoms with Gasteiger partial charge in [0.1, 0.15) is 5.75 Å². The van der Waals surface area contributed by atoms with Crippen LogP contribution in [0.2, 0.25) is 0 Å². The number of methoxy groups -OCH3 is 1. The highest BCUT2D eigenvalue weighted by atomic mass is 16.5. The van der Waals surface area contributed by atoms with Crippen molar-refractivity contribution < 1.29 is 4.74 Å². The predicted molar refractivity (Wildman–Crippen MR) is 73.7 cm³/mol. The van der Waals surface area contributed by atoms with Crippen LogP contribution < -0.4 is 10.5 Å². The number of rotatable bonds is 5. The molecule has 0 fully saturated rings. The van der Waals surface area contributed by atoms with E-state index in [1.165, 1.54) is 16.7 Å². The summed E-state index contributed by atoms with van der Waals surface area (Å²) in [7, 11) is 1.72. The summed E-state index contributed by atoms with van der Waals surface area (Å²) >= 11 is 0. The van der Waals surface area contributed by atoms with Gasteiger partial charge in [-0.3, -0.25) is 0 Å². The summed E-state index contributed by atoms with van der Waals surface area (Å²) in [6.07, 6.45) is 1.13. The van der Waals surface area contributed by atoms with E-state index in [9.17, 15) is 0 Å². The molecule has 0 radical (unpaired) electrons. The molecule has 2 heteroatoms. The standard InChI is InChI=1S/C15H25NO/c1-6-13(12(4)9-16)14-7-11(3)15(17-5)8-10(14)2/h7-8,12-13H,6,9,16H2,1-5H3. The number of benzene rings is 1. The van der Waals surface area contributed by atoms with E-state index >= 15 is 0 Å². The minimum Gasteiger partial charge on any atom is -0.496 e. The molecule has 0 aliphatic carbocycles. The molecule has 0 aliphatic heterocycles. The zero-order valence-corrected chi connectivity index (χ0v) is 11.7. The number of aryl methyl sites for hydroxylation is 2. The normalized spacial score (nSPS) is 14.5. The SMILES string of the molecule is CCC(c1cc(C)c(OC)cc1C)C(C)CN. The van der Waals surface area contributed by atoms with Crippen molar-refractivity contribution in [3.63, 3.8) is 0 Å². The summed E-state index contributed by atoms with van der Waals surface area (Å²) < 4.78 is 5.36. The van der Waals surface area contributed by atoms with Gasteiger partial charge in [0.15, 0.2) is 0 Å². The molecule has 0 saturated heterocycles. The van der Waals surface area contributed by atoms with Gasteiger partial charge in [0.25, 0.3) is 0 Å². The predicted octanol–water partition coefficient (Wildman–Crippen LogP) is 3.40. The molecule has 2 atom stereocenters. The van der Waals surface area contributed by atoms with E-state index in [1.54, 1.807) is 7.11 Å². The molecule has 0 amide bonds. The Balaban J connectivity index is 3.16. The number of nitrogens with two attached hydrogens (primary N) is 1. The fourth-order valence-electron chi connectivity index (χ4n) is 2.52. The maximum atomic E-state index is 5.81. The van der Waals surface area contributed by atoms with Crippen LogP contribution in [0, 0.1) is 19.8 Å². The Kier molecular flexibility index (Phi) is 5.01. The Hall–Kier alpha value is -1.02. The van der Waals surface area contributed by atoms with Gasteiger partial charge in [-0.15, -0.1) is 0 Å². The lowest BCUT2D eigenvalue weighted by Gasteiger charge is -2.24. The smallest absolute Gasteiger partial charge is 0.122 e. The number of ether oxygens (including phenoxy) is 1. The van der Waals surface area contributed by atoms with Crippen LogP contribution in [-0.2, 0) is 0 Å². The van der Waals surface area contributed by atoms with Crippen molar-refractivity contribution >= 4 is 0 Å². The minimum atomic E-state index is 0.520. The molecule has 1 rings (SSSR count). The first kappa shape index (κ1) is 14.0. The summed E-state index contributed by atoms with van der Waals surface area (Å²) in [4.78, 5) is 0. The van der Waals surface area contributed by atoms with Gasteiger partial charge in [0, 0.05) is 0 Å². The van der Waals surface area contributed by atoms with Crippen LogP contribution >= 0.6 is 0 Å². The summed E-state index contributed by atoms with van der Waals surface area (Å²) in [5, 5.41) is 0. The lowest BCUT2D eigenvalue weighted by atomic mass is 9.82. The van der Waals surface area contributed by atoms with Gasteiger partial charge in [0.05, 0.1) is 7.11 Å². The lowest BCUT2D eigenvalue weighted by Crippen LogP contribution is -2.19. The summed E-state index contributed by atoms with van der Waals surface area (Å²) in [5.74, 6) is 2.04. The van der Waals surface area contributed by atoms with Gasteiger partial charge >= 0.3 is 0 Å². The van der Waals surface area contributed by atoms with Crippen molar-refractivity contribution in [1.29, 1.82) is 0 Å². The monoisotopic (exact) mass is 235 g/mol. The molecule has 0 aromatic heterocycles. The van der Waals surface area contributed by atoms with E-state index < -0.39 is 0 Å². The summed E-state index contributed by atoms with van der Waals surface area (Å²) in [6.45, 7) is 9.46. The van der Waals surface area contributed by atoms with E-state index in [0.717, 1.165) is 18.7 Å². The zero-order chi connectivity index (χ0) is 13.0. The van der Waals surface area contributed by atoms with Gasteiger partial charge in [-0.1, -0.05) is 19.9 Å². The van der Waals surface area contributed by atoms with Gasteiger partial charge in [-0.05, 0) is 61.4 Å². The van der Waals surface area contributed by atoms with Gasteiger partial charge in [-0.25, -0.2) is 0 Å². The molecule has 0 heterocycles.